The van der Waals surface area contributed by atoms with Crippen LogP contribution in [0.4, 0.5) is 5.82 Å². The number of carbonyl (C=O) groups is 2. The summed E-state index contributed by atoms with van der Waals surface area (Å²) in [6.07, 6.45) is 1.60. The Bertz CT molecular complexity index is 947. The number of nitrogens with one attached hydrogen (secondary N) is 1. The first kappa shape index (κ1) is 18.1. The fourth-order valence-corrected chi connectivity index (χ4v) is 4.18. The largest absolute Gasteiger partial charge is 0.493 e. The van der Waals surface area contributed by atoms with E-state index in [-0.39, 0.29) is 25.0 Å². The van der Waals surface area contributed by atoms with Gasteiger partial charge in [-0.3, -0.25) is 9.59 Å². The predicted molar refractivity (Wildman–Crippen MR) is 101 cm³/mol. The van der Waals surface area contributed by atoms with Gasteiger partial charge in [-0.15, -0.1) is 0 Å². The fourth-order valence-electron chi connectivity index (χ4n) is 4.18. The third-order valence-corrected chi connectivity index (χ3v) is 5.61. The van der Waals surface area contributed by atoms with Crippen LogP contribution in [0.15, 0.2) is 36.5 Å². The Morgan fingerprint density at radius 3 is 2.89 bits per heavy atom. The van der Waals surface area contributed by atoms with Crippen LogP contribution in [0.1, 0.15) is 21.8 Å². The summed E-state index contributed by atoms with van der Waals surface area (Å²) in [5.41, 5.74) is 0.0838. The quantitative estimate of drug-likeness (QED) is 0.825. The van der Waals surface area contributed by atoms with Gasteiger partial charge >= 0.3 is 5.97 Å². The van der Waals surface area contributed by atoms with Crippen LogP contribution in [0.3, 0.4) is 0 Å². The smallest absolute Gasteiger partial charge is 0.315 e. The monoisotopic (exact) mass is 383 g/mol. The van der Waals surface area contributed by atoms with Gasteiger partial charge in [-0.25, -0.2) is 4.98 Å². The number of nitrogens with zero attached hydrogens (tertiary/aromatic N) is 2. The molecule has 2 aliphatic rings. The second kappa shape index (κ2) is 6.70. The van der Waals surface area contributed by atoms with Crippen LogP contribution in [-0.4, -0.2) is 55.8 Å². The van der Waals surface area contributed by atoms with Crippen LogP contribution in [0.5, 0.6) is 11.5 Å². The molecule has 2 aliphatic heterocycles. The highest BCUT2D eigenvalue weighted by atomic mass is 16.5. The van der Waals surface area contributed by atoms with E-state index in [9.17, 15) is 14.7 Å². The zero-order chi connectivity index (χ0) is 19.9. The van der Waals surface area contributed by atoms with Crippen molar-refractivity contribution in [2.45, 2.75) is 5.92 Å². The number of amides is 1. The molecule has 0 bridgehead atoms. The lowest BCUT2D eigenvalue weighted by molar-refractivity contribution is -0.151. The molecule has 1 saturated heterocycles. The summed E-state index contributed by atoms with van der Waals surface area (Å²) in [5.74, 6) is 0.136. The molecule has 3 heterocycles. The Hall–Kier alpha value is -3.29. The zero-order valence-corrected chi connectivity index (χ0v) is 15.6. The van der Waals surface area contributed by atoms with Crippen LogP contribution in [0.2, 0.25) is 0 Å². The molecule has 0 aliphatic carbocycles. The Morgan fingerprint density at radius 1 is 1.36 bits per heavy atom. The van der Waals surface area contributed by atoms with E-state index < -0.39 is 11.4 Å². The zero-order valence-electron chi connectivity index (χ0n) is 15.6. The summed E-state index contributed by atoms with van der Waals surface area (Å²) in [7, 11) is 3.11. The summed E-state index contributed by atoms with van der Waals surface area (Å²) >= 11 is 0. The third kappa shape index (κ3) is 2.56. The van der Waals surface area contributed by atoms with Crippen molar-refractivity contribution >= 4 is 17.7 Å². The molecule has 4 rings (SSSR count). The number of pyridine rings is 1. The lowest BCUT2D eigenvalue weighted by Crippen LogP contribution is -2.45. The van der Waals surface area contributed by atoms with E-state index in [0.29, 0.717) is 29.4 Å². The van der Waals surface area contributed by atoms with Crippen LogP contribution in [-0.2, 0) is 4.79 Å². The van der Waals surface area contributed by atoms with E-state index in [2.05, 4.69) is 10.3 Å². The van der Waals surface area contributed by atoms with Crippen molar-refractivity contribution in [2.75, 3.05) is 38.8 Å². The highest BCUT2D eigenvalue weighted by Gasteiger charge is 2.57. The van der Waals surface area contributed by atoms with E-state index in [1.54, 1.807) is 38.6 Å². The van der Waals surface area contributed by atoms with Crippen molar-refractivity contribution in [1.29, 1.82) is 0 Å². The molecule has 0 spiro atoms. The van der Waals surface area contributed by atoms with Crippen LogP contribution >= 0.6 is 0 Å². The number of carbonyl (C=O) groups excluding carboxylic acids is 1. The number of ether oxygens (including phenoxy) is 2. The number of rotatable bonds is 4. The van der Waals surface area contributed by atoms with Gasteiger partial charge in [0.1, 0.15) is 17.8 Å². The Balaban J connectivity index is 1.80. The molecule has 1 fully saturated rings. The maximum Gasteiger partial charge on any atom is 0.315 e. The molecule has 146 valence electrons. The molecule has 1 aromatic heterocycles. The number of hydrogen-bond acceptors (Lipinski definition) is 6. The summed E-state index contributed by atoms with van der Waals surface area (Å²) in [6.45, 7) is 0.639. The first-order chi connectivity index (χ1) is 13.5. The number of aliphatic carboxylic acids is 1. The van der Waals surface area contributed by atoms with Gasteiger partial charge in [-0.2, -0.15) is 0 Å². The van der Waals surface area contributed by atoms with Crippen molar-refractivity contribution in [2.24, 2.45) is 5.41 Å². The minimum absolute atomic E-state index is 0.0268. The second-order valence-corrected chi connectivity index (χ2v) is 7.02. The van der Waals surface area contributed by atoms with Crippen molar-refractivity contribution in [3.63, 3.8) is 0 Å². The van der Waals surface area contributed by atoms with Crippen LogP contribution < -0.4 is 19.7 Å². The molecule has 0 unspecified atom stereocenters. The summed E-state index contributed by atoms with van der Waals surface area (Å²) in [4.78, 5) is 30.8. The number of aromatic nitrogens is 1. The van der Waals surface area contributed by atoms with Crippen molar-refractivity contribution < 1.29 is 24.2 Å². The molecular weight excluding hydrogens is 362 g/mol. The normalized spacial score (nSPS) is 22.6. The lowest BCUT2D eigenvalue weighted by atomic mass is 9.73. The lowest BCUT2D eigenvalue weighted by Gasteiger charge is -2.36. The highest BCUT2D eigenvalue weighted by molar-refractivity contribution is 5.99. The molecule has 2 aromatic rings. The Morgan fingerprint density at radius 2 is 2.18 bits per heavy atom. The molecule has 1 amide bonds. The maximum absolute atomic E-state index is 12.3. The van der Waals surface area contributed by atoms with Gasteiger partial charge < -0.3 is 24.8 Å². The molecule has 2 atom stereocenters. The number of carboxylic acid groups (broad SMARTS) is 1. The molecular formula is C20H21N3O5. The molecule has 1 aromatic carbocycles. The molecule has 8 heteroatoms. The van der Waals surface area contributed by atoms with Crippen molar-refractivity contribution in [3.8, 4) is 11.5 Å². The van der Waals surface area contributed by atoms with Gasteiger partial charge in [0.15, 0.2) is 11.5 Å². The molecule has 2 N–H and O–H groups in total. The van der Waals surface area contributed by atoms with Crippen molar-refractivity contribution in [1.82, 2.24) is 10.3 Å². The first-order valence-electron chi connectivity index (χ1n) is 8.97. The molecule has 0 radical (unpaired) electrons. The van der Waals surface area contributed by atoms with E-state index in [1.807, 2.05) is 17.0 Å². The van der Waals surface area contributed by atoms with Gasteiger partial charge in [0, 0.05) is 37.8 Å². The third-order valence-electron chi connectivity index (χ3n) is 5.61. The Labute approximate surface area is 162 Å². The summed E-state index contributed by atoms with van der Waals surface area (Å²) < 4.78 is 11.3. The highest BCUT2D eigenvalue weighted by Crippen LogP contribution is 2.52. The SMILES string of the molecule is CNC(=O)c1cccnc1N1C[C@H]2c3cccc(OC)c3OC[C@@]2(C(=O)O)C1. The number of hydrogen-bond donors (Lipinski definition) is 2. The average Bonchev–Trinajstić information content (AvgIpc) is 3.14. The Kier molecular flexibility index (Phi) is 4.33. The van der Waals surface area contributed by atoms with E-state index in [4.69, 9.17) is 9.47 Å². The maximum atomic E-state index is 12.3. The second-order valence-electron chi connectivity index (χ2n) is 7.02. The minimum Gasteiger partial charge on any atom is -0.493 e. The number of methoxy groups -OCH3 is 1. The van der Waals surface area contributed by atoms with Crippen LogP contribution in [0, 0.1) is 5.41 Å². The molecule has 28 heavy (non-hydrogen) atoms. The minimum atomic E-state index is -1.13. The number of carboxylic acids is 1. The van der Waals surface area contributed by atoms with Gasteiger partial charge in [0.05, 0.1) is 12.7 Å². The first-order valence-corrected chi connectivity index (χ1v) is 8.97. The summed E-state index contributed by atoms with van der Waals surface area (Å²) in [5, 5.41) is 12.7. The van der Waals surface area contributed by atoms with Gasteiger partial charge in [0.25, 0.3) is 5.91 Å². The van der Waals surface area contributed by atoms with Crippen molar-refractivity contribution in [3.05, 3.63) is 47.7 Å². The number of anilines is 1. The number of para-hydroxylation sites is 1. The van der Waals surface area contributed by atoms with Gasteiger partial charge in [-0.05, 0) is 18.2 Å². The van der Waals surface area contributed by atoms with E-state index >= 15 is 0 Å². The van der Waals surface area contributed by atoms with E-state index in [1.165, 1.54) is 0 Å². The van der Waals surface area contributed by atoms with E-state index in [0.717, 1.165) is 5.56 Å². The van der Waals surface area contributed by atoms with Gasteiger partial charge in [-0.1, -0.05) is 12.1 Å². The molecule has 8 nitrogen and oxygen atoms in total. The average molecular weight is 383 g/mol. The predicted octanol–water partition coefficient (Wildman–Crippen LogP) is 1.52. The standard InChI is InChI=1S/C20H21N3O5/c1-21-18(24)13-6-4-8-22-17(13)23-9-14-12-5-3-7-15(27-2)16(12)28-11-20(14,10-23)19(25)26/h3-8,14H,9-11H2,1-2H3,(H,21,24)(H,25,26)/t14-,20-/m0/s1. The number of benzene rings is 1. The topological polar surface area (TPSA) is 101 Å². The molecule has 0 saturated carbocycles. The van der Waals surface area contributed by atoms with Crippen LogP contribution in [0.25, 0.3) is 0 Å². The number of fused-ring (bicyclic) bond motifs is 3. The fraction of sp³-hybridized carbons (Fsp3) is 0.350. The van der Waals surface area contributed by atoms with Gasteiger partial charge in [0.2, 0.25) is 0 Å². The summed E-state index contributed by atoms with van der Waals surface area (Å²) in [6, 6.07) is 8.87.